The van der Waals surface area contributed by atoms with Crippen LogP contribution in [0.4, 0.5) is 0 Å². The van der Waals surface area contributed by atoms with Crippen LogP contribution in [0.1, 0.15) is 21.5 Å². The lowest BCUT2D eigenvalue weighted by Crippen LogP contribution is -2.50. The van der Waals surface area contributed by atoms with Gasteiger partial charge in [0.05, 0.1) is 22.3 Å². The molecule has 1 aliphatic rings. The molecule has 0 atom stereocenters. The zero-order valence-corrected chi connectivity index (χ0v) is 18.9. The Kier molecular flexibility index (Phi) is 5.88. The molecule has 1 N–H and O–H groups in total. The number of benzene rings is 2. The second-order valence-electron chi connectivity index (χ2n) is 7.63. The number of carbonyl (C=O) groups is 1. The molecule has 0 radical (unpaired) electrons. The third kappa shape index (κ3) is 4.23. The fraction of sp³-hybridized carbons (Fsp3) is 0.273. The van der Waals surface area contributed by atoms with Crippen LogP contribution in [0.2, 0.25) is 5.02 Å². The average molecular weight is 459 g/mol. The maximum Gasteiger partial charge on any atom is 0.257 e. The van der Waals surface area contributed by atoms with Crippen LogP contribution in [-0.2, 0) is 10.0 Å². The normalized spacial score (nSPS) is 15.3. The minimum atomic E-state index is -3.61. The number of piperazine rings is 1. The molecule has 162 valence electrons. The third-order valence-electron chi connectivity index (χ3n) is 5.49. The number of aryl methyl sites for hydroxylation is 2. The van der Waals surface area contributed by atoms with Crippen LogP contribution in [0.15, 0.2) is 53.6 Å². The van der Waals surface area contributed by atoms with E-state index in [1.165, 1.54) is 10.5 Å². The number of carbonyl (C=O) groups excluding carboxylic acids is 1. The summed E-state index contributed by atoms with van der Waals surface area (Å²) in [5.74, 6) is -0.178. The minimum Gasteiger partial charge on any atom is -0.336 e. The summed E-state index contributed by atoms with van der Waals surface area (Å²) in [6, 6.07) is 12.6. The molecule has 3 aromatic rings. The molecule has 0 aliphatic carbocycles. The van der Waals surface area contributed by atoms with Crippen molar-refractivity contribution in [2.45, 2.75) is 18.7 Å². The van der Waals surface area contributed by atoms with Crippen molar-refractivity contribution in [3.63, 3.8) is 0 Å². The van der Waals surface area contributed by atoms with Crippen LogP contribution in [0.5, 0.6) is 0 Å². The molecule has 0 unspecified atom stereocenters. The Balaban J connectivity index is 1.50. The maximum absolute atomic E-state index is 13.1. The molecule has 9 heteroatoms. The van der Waals surface area contributed by atoms with Crippen molar-refractivity contribution in [2.24, 2.45) is 0 Å². The summed E-state index contributed by atoms with van der Waals surface area (Å²) in [5.41, 5.74) is 3.49. The molecule has 4 rings (SSSR count). The fourth-order valence-electron chi connectivity index (χ4n) is 3.71. The molecular weight excluding hydrogens is 436 g/mol. The number of nitrogens with one attached hydrogen (secondary N) is 1. The SMILES string of the molecule is Cc1ccc(C)c(S(=O)(=O)N2CCN(C(=O)c3cn[nH]c3-c3ccc(Cl)cc3)CC2)c1. The molecule has 1 saturated heterocycles. The summed E-state index contributed by atoms with van der Waals surface area (Å²) in [4.78, 5) is 15.1. The summed E-state index contributed by atoms with van der Waals surface area (Å²) in [6.45, 7) is 4.79. The maximum atomic E-state index is 13.1. The molecule has 1 fully saturated rings. The summed E-state index contributed by atoms with van der Waals surface area (Å²) >= 11 is 5.96. The Morgan fingerprint density at radius 3 is 2.39 bits per heavy atom. The van der Waals surface area contributed by atoms with Crippen molar-refractivity contribution in [2.75, 3.05) is 26.2 Å². The lowest BCUT2D eigenvalue weighted by Gasteiger charge is -2.34. The number of amides is 1. The van der Waals surface area contributed by atoms with Crippen molar-refractivity contribution < 1.29 is 13.2 Å². The van der Waals surface area contributed by atoms with Crippen molar-refractivity contribution in [3.8, 4) is 11.3 Å². The van der Waals surface area contributed by atoms with Crippen molar-refractivity contribution in [3.05, 3.63) is 70.4 Å². The molecule has 1 aromatic heterocycles. The summed E-state index contributed by atoms with van der Waals surface area (Å²) in [5, 5.41) is 7.53. The average Bonchev–Trinajstić information content (AvgIpc) is 3.25. The zero-order chi connectivity index (χ0) is 22.2. The van der Waals surface area contributed by atoms with Gasteiger partial charge in [-0.3, -0.25) is 9.89 Å². The zero-order valence-electron chi connectivity index (χ0n) is 17.3. The van der Waals surface area contributed by atoms with E-state index in [1.54, 1.807) is 30.0 Å². The highest BCUT2D eigenvalue weighted by molar-refractivity contribution is 7.89. The lowest BCUT2D eigenvalue weighted by molar-refractivity contribution is 0.0698. The van der Waals surface area contributed by atoms with E-state index in [0.29, 0.717) is 34.3 Å². The second-order valence-corrected chi connectivity index (χ2v) is 9.97. The molecule has 7 nitrogen and oxygen atoms in total. The van der Waals surface area contributed by atoms with Gasteiger partial charge in [0.1, 0.15) is 0 Å². The molecule has 0 bridgehead atoms. The van der Waals surface area contributed by atoms with Gasteiger partial charge < -0.3 is 4.90 Å². The van der Waals surface area contributed by atoms with Gasteiger partial charge in [0.15, 0.2) is 0 Å². The van der Waals surface area contributed by atoms with Crippen LogP contribution < -0.4 is 0 Å². The van der Waals surface area contributed by atoms with Gasteiger partial charge in [-0.25, -0.2) is 8.42 Å². The van der Waals surface area contributed by atoms with Crippen LogP contribution in [0.25, 0.3) is 11.3 Å². The highest BCUT2D eigenvalue weighted by Gasteiger charge is 2.32. The number of nitrogens with zero attached hydrogens (tertiary/aromatic N) is 3. The number of aromatic amines is 1. The molecule has 0 spiro atoms. The molecular formula is C22H23ClN4O3S. The third-order valence-corrected chi connectivity index (χ3v) is 7.78. The molecule has 1 aliphatic heterocycles. The van der Waals surface area contributed by atoms with E-state index in [1.807, 2.05) is 31.2 Å². The smallest absolute Gasteiger partial charge is 0.257 e. The number of sulfonamides is 1. The quantitative estimate of drug-likeness (QED) is 0.648. The van der Waals surface area contributed by atoms with Gasteiger partial charge in [0.25, 0.3) is 5.91 Å². The van der Waals surface area contributed by atoms with E-state index in [9.17, 15) is 13.2 Å². The lowest BCUT2D eigenvalue weighted by atomic mass is 10.1. The van der Waals surface area contributed by atoms with Crippen molar-refractivity contribution >= 4 is 27.5 Å². The van der Waals surface area contributed by atoms with E-state index in [0.717, 1.165) is 16.7 Å². The summed E-state index contributed by atoms with van der Waals surface area (Å²) in [7, 11) is -3.61. The number of rotatable bonds is 4. The number of aromatic nitrogens is 2. The van der Waals surface area contributed by atoms with E-state index < -0.39 is 10.0 Å². The first kappa shape index (κ1) is 21.5. The Bertz CT molecular complexity index is 1210. The predicted molar refractivity (Wildman–Crippen MR) is 120 cm³/mol. The molecule has 2 heterocycles. The molecule has 2 aromatic carbocycles. The second kappa shape index (κ2) is 8.45. The van der Waals surface area contributed by atoms with Crippen LogP contribution in [0.3, 0.4) is 0 Å². The molecule has 0 saturated carbocycles. The van der Waals surface area contributed by atoms with Gasteiger partial charge in [-0.15, -0.1) is 0 Å². The number of H-pyrrole nitrogens is 1. The van der Waals surface area contributed by atoms with Gasteiger partial charge in [-0.05, 0) is 43.2 Å². The first-order valence-corrected chi connectivity index (χ1v) is 11.7. The van der Waals surface area contributed by atoms with Crippen LogP contribution in [0, 0.1) is 13.8 Å². The van der Waals surface area contributed by atoms with E-state index >= 15 is 0 Å². The fourth-order valence-corrected chi connectivity index (χ4v) is 5.57. The Hall–Kier alpha value is -2.68. The number of hydrogen-bond acceptors (Lipinski definition) is 4. The first-order valence-electron chi connectivity index (χ1n) is 9.93. The predicted octanol–water partition coefficient (Wildman–Crippen LogP) is 3.49. The van der Waals surface area contributed by atoms with Gasteiger partial charge in [-0.2, -0.15) is 9.40 Å². The number of hydrogen-bond donors (Lipinski definition) is 1. The highest BCUT2D eigenvalue weighted by atomic mass is 35.5. The largest absolute Gasteiger partial charge is 0.336 e. The monoisotopic (exact) mass is 458 g/mol. The van der Waals surface area contributed by atoms with Crippen LogP contribution in [-0.4, -0.2) is 59.9 Å². The van der Waals surface area contributed by atoms with E-state index in [4.69, 9.17) is 11.6 Å². The minimum absolute atomic E-state index is 0.178. The van der Waals surface area contributed by atoms with Crippen molar-refractivity contribution in [1.82, 2.24) is 19.4 Å². The van der Waals surface area contributed by atoms with Crippen molar-refractivity contribution in [1.29, 1.82) is 0 Å². The standard InChI is InChI=1S/C22H23ClN4O3S/c1-15-3-4-16(2)20(13-15)31(29,30)27-11-9-26(10-12-27)22(28)19-14-24-25-21(19)17-5-7-18(23)8-6-17/h3-8,13-14H,9-12H2,1-2H3,(H,24,25). The Labute approximate surface area is 186 Å². The highest BCUT2D eigenvalue weighted by Crippen LogP contribution is 2.26. The Morgan fingerprint density at radius 1 is 1.03 bits per heavy atom. The Morgan fingerprint density at radius 2 is 1.71 bits per heavy atom. The van der Waals surface area contributed by atoms with E-state index in [2.05, 4.69) is 10.2 Å². The van der Waals surface area contributed by atoms with Gasteiger partial charge >= 0.3 is 0 Å². The number of halogens is 1. The summed E-state index contributed by atoms with van der Waals surface area (Å²) < 4.78 is 27.7. The molecule has 1 amide bonds. The van der Waals surface area contributed by atoms with Crippen LogP contribution >= 0.6 is 11.6 Å². The summed E-state index contributed by atoms with van der Waals surface area (Å²) in [6.07, 6.45) is 1.51. The van der Waals surface area contributed by atoms with Gasteiger partial charge in [0.2, 0.25) is 10.0 Å². The van der Waals surface area contributed by atoms with E-state index in [-0.39, 0.29) is 19.0 Å². The first-order chi connectivity index (χ1) is 14.8. The van der Waals surface area contributed by atoms with Gasteiger partial charge in [0, 0.05) is 36.8 Å². The van der Waals surface area contributed by atoms with Gasteiger partial charge in [-0.1, -0.05) is 35.9 Å². The molecule has 31 heavy (non-hydrogen) atoms. The topological polar surface area (TPSA) is 86.4 Å².